The molecule has 0 saturated heterocycles. The molecule has 26 heavy (non-hydrogen) atoms. The number of rotatable bonds is 7. The number of benzene rings is 2. The van der Waals surface area contributed by atoms with E-state index >= 15 is 0 Å². The fourth-order valence-corrected chi connectivity index (χ4v) is 2.67. The standard InChI is InChI=1S/C20H27N3O.2ClH/c1-15(17-7-5-4-6-8-17)23-20(2,3)14-22-19(24)13-16-9-11-18(21)12-10-16;;/h4-12,15,23H,13-14,21H2,1-3H3,(H,22,24);2*1H. The van der Waals surface area contributed by atoms with Crippen molar-refractivity contribution >= 4 is 36.4 Å². The molecule has 0 fully saturated rings. The van der Waals surface area contributed by atoms with Crippen LogP contribution in [0, 0.1) is 0 Å². The molecule has 1 amide bonds. The molecule has 2 aromatic rings. The van der Waals surface area contributed by atoms with Crippen LogP contribution in [-0.4, -0.2) is 18.0 Å². The second-order valence-electron chi connectivity index (χ2n) is 6.86. The van der Waals surface area contributed by atoms with Crippen molar-refractivity contribution in [3.05, 3.63) is 65.7 Å². The lowest BCUT2D eigenvalue weighted by Gasteiger charge is -2.31. The summed E-state index contributed by atoms with van der Waals surface area (Å²) < 4.78 is 0. The van der Waals surface area contributed by atoms with Crippen LogP contribution < -0.4 is 16.4 Å². The van der Waals surface area contributed by atoms with Crippen molar-refractivity contribution in [2.24, 2.45) is 0 Å². The van der Waals surface area contributed by atoms with E-state index in [1.165, 1.54) is 5.56 Å². The highest BCUT2D eigenvalue weighted by Gasteiger charge is 2.21. The lowest BCUT2D eigenvalue weighted by Crippen LogP contribution is -2.50. The Morgan fingerprint density at radius 1 is 1.04 bits per heavy atom. The van der Waals surface area contributed by atoms with Crippen LogP contribution in [0.5, 0.6) is 0 Å². The molecule has 0 saturated carbocycles. The summed E-state index contributed by atoms with van der Waals surface area (Å²) in [5, 5.41) is 6.58. The van der Waals surface area contributed by atoms with Gasteiger partial charge in [0.1, 0.15) is 0 Å². The highest BCUT2D eigenvalue weighted by atomic mass is 35.5. The number of hydrogen-bond donors (Lipinski definition) is 3. The molecule has 0 heterocycles. The molecule has 4 nitrogen and oxygen atoms in total. The maximum Gasteiger partial charge on any atom is 0.224 e. The van der Waals surface area contributed by atoms with Gasteiger partial charge in [0.25, 0.3) is 0 Å². The van der Waals surface area contributed by atoms with E-state index in [1.807, 2.05) is 42.5 Å². The Kier molecular flexibility index (Phi) is 10.3. The molecule has 4 N–H and O–H groups in total. The first-order chi connectivity index (χ1) is 11.4. The Labute approximate surface area is 168 Å². The van der Waals surface area contributed by atoms with E-state index in [0.717, 1.165) is 5.56 Å². The van der Waals surface area contributed by atoms with Gasteiger partial charge in [-0.1, -0.05) is 42.5 Å². The molecule has 0 spiro atoms. The van der Waals surface area contributed by atoms with Crippen LogP contribution in [0.25, 0.3) is 0 Å². The molecule has 0 aromatic heterocycles. The number of carbonyl (C=O) groups excluding carboxylic acids is 1. The highest BCUT2D eigenvalue weighted by Crippen LogP contribution is 2.15. The predicted octanol–water partition coefficient (Wildman–Crippen LogP) is 3.90. The van der Waals surface area contributed by atoms with Gasteiger partial charge in [0.2, 0.25) is 5.91 Å². The van der Waals surface area contributed by atoms with Gasteiger partial charge in [-0.05, 0) is 44.0 Å². The normalized spacial score (nSPS) is 11.7. The third-order valence-corrected chi connectivity index (χ3v) is 3.98. The first-order valence-corrected chi connectivity index (χ1v) is 8.29. The van der Waals surface area contributed by atoms with Gasteiger partial charge in [0.05, 0.1) is 6.42 Å². The topological polar surface area (TPSA) is 67.1 Å². The lowest BCUT2D eigenvalue weighted by atomic mass is 10.0. The van der Waals surface area contributed by atoms with E-state index in [2.05, 4.69) is 43.5 Å². The van der Waals surface area contributed by atoms with Gasteiger partial charge in [0.15, 0.2) is 0 Å². The molecule has 2 aromatic carbocycles. The molecule has 2 rings (SSSR count). The molecule has 1 atom stereocenters. The van der Waals surface area contributed by atoms with Gasteiger partial charge in [-0.3, -0.25) is 4.79 Å². The monoisotopic (exact) mass is 397 g/mol. The Morgan fingerprint density at radius 2 is 1.62 bits per heavy atom. The van der Waals surface area contributed by atoms with Crippen LogP contribution in [0.4, 0.5) is 5.69 Å². The van der Waals surface area contributed by atoms with E-state index < -0.39 is 0 Å². The zero-order chi connectivity index (χ0) is 17.6. The molecule has 1 unspecified atom stereocenters. The molecule has 0 aliphatic carbocycles. The number of halogens is 2. The van der Waals surface area contributed by atoms with Crippen molar-refractivity contribution in [1.29, 1.82) is 0 Å². The van der Waals surface area contributed by atoms with Crippen molar-refractivity contribution in [3.63, 3.8) is 0 Å². The van der Waals surface area contributed by atoms with Crippen LogP contribution in [0.1, 0.15) is 37.9 Å². The van der Waals surface area contributed by atoms with Gasteiger partial charge >= 0.3 is 0 Å². The molecule has 0 aliphatic rings. The summed E-state index contributed by atoms with van der Waals surface area (Å²) in [5.41, 5.74) is 8.36. The zero-order valence-electron chi connectivity index (χ0n) is 15.5. The third kappa shape index (κ3) is 8.09. The first kappa shape index (κ1) is 24.2. The molecule has 0 bridgehead atoms. The number of carbonyl (C=O) groups is 1. The van der Waals surface area contributed by atoms with E-state index in [9.17, 15) is 4.79 Å². The van der Waals surface area contributed by atoms with Gasteiger partial charge in [0, 0.05) is 23.8 Å². The largest absolute Gasteiger partial charge is 0.399 e. The van der Waals surface area contributed by atoms with Crippen molar-refractivity contribution in [1.82, 2.24) is 10.6 Å². The minimum Gasteiger partial charge on any atom is -0.399 e. The van der Waals surface area contributed by atoms with E-state index in [4.69, 9.17) is 5.73 Å². The molecular formula is C20H29Cl2N3O. The first-order valence-electron chi connectivity index (χ1n) is 8.29. The van der Waals surface area contributed by atoms with Crippen molar-refractivity contribution in [3.8, 4) is 0 Å². The average molecular weight is 398 g/mol. The number of amides is 1. The Hall–Kier alpha value is -1.75. The quantitative estimate of drug-likeness (QED) is 0.620. The van der Waals surface area contributed by atoms with Crippen LogP contribution >= 0.6 is 24.8 Å². The molecule has 0 radical (unpaired) electrons. The summed E-state index contributed by atoms with van der Waals surface area (Å²) in [6.07, 6.45) is 0.366. The number of nitrogens with one attached hydrogen (secondary N) is 2. The van der Waals surface area contributed by atoms with Crippen LogP contribution in [0.2, 0.25) is 0 Å². The minimum absolute atomic E-state index is 0. The summed E-state index contributed by atoms with van der Waals surface area (Å²) in [7, 11) is 0. The number of anilines is 1. The summed E-state index contributed by atoms with van der Waals surface area (Å²) in [6, 6.07) is 17.9. The number of hydrogen-bond acceptors (Lipinski definition) is 3. The Bertz CT molecular complexity index is 661. The van der Waals surface area contributed by atoms with Crippen molar-refractivity contribution in [2.45, 2.75) is 38.8 Å². The summed E-state index contributed by atoms with van der Waals surface area (Å²) in [5.74, 6) is 0.0158. The SMILES string of the molecule is CC(NC(C)(C)CNC(=O)Cc1ccc(N)cc1)c1ccccc1.Cl.Cl. The smallest absolute Gasteiger partial charge is 0.224 e. The van der Waals surface area contributed by atoms with E-state index in [1.54, 1.807) is 0 Å². The lowest BCUT2D eigenvalue weighted by molar-refractivity contribution is -0.120. The second-order valence-corrected chi connectivity index (χ2v) is 6.86. The fourth-order valence-electron chi connectivity index (χ4n) is 2.67. The maximum absolute atomic E-state index is 12.1. The summed E-state index contributed by atoms with van der Waals surface area (Å²) in [6.45, 7) is 6.89. The minimum atomic E-state index is -0.202. The van der Waals surface area contributed by atoms with Gasteiger partial charge in [-0.15, -0.1) is 24.8 Å². The van der Waals surface area contributed by atoms with E-state index in [-0.39, 0.29) is 42.3 Å². The number of nitrogens with two attached hydrogens (primary N) is 1. The average Bonchev–Trinajstić information content (AvgIpc) is 2.56. The van der Waals surface area contributed by atoms with Crippen LogP contribution in [0.3, 0.4) is 0 Å². The third-order valence-electron chi connectivity index (χ3n) is 3.98. The maximum atomic E-state index is 12.1. The molecular weight excluding hydrogens is 369 g/mol. The second kappa shape index (κ2) is 11.1. The van der Waals surface area contributed by atoms with Crippen molar-refractivity contribution in [2.75, 3.05) is 12.3 Å². The predicted molar refractivity (Wildman–Crippen MR) is 114 cm³/mol. The summed E-state index contributed by atoms with van der Waals surface area (Å²) >= 11 is 0. The zero-order valence-corrected chi connectivity index (χ0v) is 17.1. The number of nitrogen functional groups attached to an aromatic ring is 1. The Morgan fingerprint density at radius 3 is 2.19 bits per heavy atom. The Balaban J connectivity index is 0.00000312. The van der Waals surface area contributed by atoms with Gasteiger partial charge in [-0.2, -0.15) is 0 Å². The fraction of sp³-hybridized carbons (Fsp3) is 0.350. The van der Waals surface area contributed by atoms with Gasteiger partial charge < -0.3 is 16.4 Å². The van der Waals surface area contributed by atoms with Crippen LogP contribution in [-0.2, 0) is 11.2 Å². The molecule has 6 heteroatoms. The van der Waals surface area contributed by atoms with Gasteiger partial charge in [-0.25, -0.2) is 0 Å². The van der Waals surface area contributed by atoms with Crippen LogP contribution in [0.15, 0.2) is 54.6 Å². The molecule has 144 valence electrons. The highest BCUT2D eigenvalue weighted by molar-refractivity contribution is 5.85. The molecule has 0 aliphatic heterocycles. The van der Waals surface area contributed by atoms with Crippen molar-refractivity contribution < 1.29 is 4.79 Å². The van der Waals surface area contributed by atoms with E-state index in [0.29, 0.717) is 18.7 Å². The summed E-state index contributed by atoms with van der Waals surface area (Å²) in [4.78, 5) is 12.1.